The van der Waals surface area contributed by atoms with E-state index in [9.17, 15) is 18.0 Å². The minimum atomic E-state index is -4.55. The summed E-state index contributed by atoms with van der Waals surface area (Å²) >= 11 is 11.5. The smallest absolute Gasteiger partial charge is 0.416 e. The summed E-state index contributed by atoms with van der Waals surface area (Å²) < 4.78 is 41.9. The van der Waals surface area contributed by atoms with E-state index in [-0.39, 0.29) is 22.0 Å². The highest BCUT2D eigenvalue weighted by Crippen LogP contribution is 2.36. The Bertz CT molecular complexity index is 468. The van der Waals surface area contributed by atoms with Crippen LogP contribution in [0.15, 0.2) is 12.1 Å². The maximum absolute atomic E-state index is 12.5. The lowest BCUT2D eigenvalue weighted by Gasteiger charge is -2.14. The van der Waals surface area contributed by atoms with Crippen LogP contribution in [-0.2, 0) is 22.1 Å². The monoisotopic (exact) mass is 315 g/mol. The van der Waals surface area contributed by atoms with Gasteiger partial charge in [0.2, 0.25) is 0 Å². The van der Waals surface area contributed by atoms with E-state index in [0.717, 1.165) is 19.2 Å². The Balaban J connectivity index is 3.08. The maximum Gasteiger partial charge on any atom is 0.416 e. The highest BCUT2D eigenvalue weighted by atomic mass is 35.5. The van der Waals surface area contributed by atoms with Crippen molar-refractivity contribution in [2.75, 3.05) is 7.11 Å². The zero-order chi connectivity index (χ0) is 14.8. The highest BCUT2D eigenvalue weighted by Gasteiger charge is 2.32. The zero-order valence-electron chi connectivity index (χ0n) is 9.72. The van der Waals surface area contributed by atoms with Gasteiger partial charge in [0.1, 0.15) is 6.04 Å². The number of halogens is 5. The molecule has 0 aromatic heterocycles. The third-order valence-corrected chi connectivity index (χ3v) is 3.07. The molecule has 0 aliphatic rings. The second-order valence-electron chi connectivity index (χ2n) is 3.75. The number of benzene rings is 1. The minimum Gasteiger partial charge on any atom is -0.468 e. The van der Waals surface area contributed by atoms with Crippen molar-refractivity contribution in [2.24, 2.45) is 5.73 Å². The Morgan fingerprint density at radius 3 is 2.21 bits per heavy atom. The molecule has 0 bridgehead atoms. The average molecular weight is 316 g/mol. The molecule has 0 heterocycles. The van der Waals surface area contributed by atoms with Gasteiger partial charge in [-0.2, -0.15) is 13.2 Å². The molecular formula is C11H10Cl2F3NO2. The van der Waals surface area contributed by atoms with E-state index >= 15 is 0 Å². The van der Waals surface area contributed by atoms with Gasteiger partial charge in [0, 0.05) is 16.5 Å². The lowest BCUT2D eigenvalue weighted by Crippen LogP contribution is -2.33. The Labute approximate surface area is 117 Å². The molecule has 0 aliphatic heterocycles. The first-order chi connectivity index (χ1) is 8.66. The van der Waals surface area contributed by atoms with E-state index in [1.165, 1.54) is 0 Å². The normalized spacial score (nSPS) is 13.2. The van der Waals surface area contributed by atoms with Gasteiger partial charge in [-0.1, -0.05) is 23.2 Å². The topological polar surface area (TPSA) is 52.3 Å². The molecule has 0 fully saturated rings. The van der Waals surface area contributed by atoms with Crippen molar-refractivity contribution < 1.29 is 22.7 Å². The van der Waals surface area contributed by atoms with Crippen LogP contribution in [-0.4, -0.2) is 19.1 Å². The van der Waals surface area contributed by atoms with Crippen molar-refractivity contribution in [3.8, 4) is 0 Å². The molecule has 0 aliphatic carbocycles. The summed E-state index contributed by atoms with van der Waals surface area (Å²) in [6, 6.07) is 0.441. The Hall–Kier alpha value is -0.980. The van der Waals surface area contributed by atoms with Crippen molar-refractivity contribution in [1.82, 2.24) is 0 Å². The number of ether oxygens (including phenoxy) is 1. The number of esters is 1. The largest absolute Gasteiger partial charge is 0.468 e. The Morgan fingerprint density at radius 1 is 1.37 bits per heavy atom. The van der Waals surface area contributed by atoms with Gasteiger partial charge >= 0.3 is 12.1 Å². The molecule has 2 N–H and O–H groups in total. The molecule has 3 nitrogen and oxygen atoms in total. The Kier molecular flexibility index (Phi) is 5.06. The summed E-state index contributed by atoms with van der Waals surface area (Å²) in [7, 11) is 1.15. The molecule has 1 rings (SSSR count). The third kappa shape index (κ3) is 3.99. The second-order valence-corrected chi connectivity index (χ2v) is 4.56. The zero-order valence-corrected chi connectivity index (χ0v) is 11.2. The van der Waals surface area contributed by atoms with E-state index in [4.69, 9.17) is 28.9 Å². The number of carbonyl (C=O) groups is 1. The fourth-order valence-corrected chi connectivity index (χ4v) is 2.06. The van der Waals surface area contributed by atoms with Gasteiger partial charge in [-0.3, -0.25) is 4.79 Å². The molecule has 1 atom stereocenters. The standard InChI is InChI=1S/C11H10Cl2F3NO2/c1-19-10(18)9(17)4-6-7(12)2-5(3-8(6)13)11(14,15)16/h2-3,9H,4,17H2,1H3/t9-/m1/s1. The van der Waals surface area contributed by atoms with Crippen LogP contribution in [0.5, 0.6) is 0 Å². The summed E-state index contributed by atoms with van der Waals surface area (Å²) in [4.78, 5) is 11.2. The summed E-state index contributed by atoms with van der Waals surface area (Å²) in [5.74, 6) is -0.702. The van der Waals surface area contributed by atoms with Crippen molar-refractivity contribution in [3.05, 3.63) is 33.3 Å². The van der Waals surface area contributed by atoms with Crippen molar-refractivity contribution in [1.29, 1.82) is 0 Å². The van der Waals surface area contributed by atoms with Gasteiger partial charge in [-0.15, -0.1) is 0 Å². The lowest BCUT2D eigenvalue weighted by molar-refractivity contribution is -0.142. The molecule has 19 heavy (non-hydrogen) atoms. The van der Waals surface area contributed by atoms with Crippen LogP contribution in [0, 0.1) is 0 Å². The molecule has 106 valence electrons. The number of nitrogens with two attached hydrogens (primary N) is 1. The summed E-state index contributed by atoms with van der Waals surface area (Å²) in [6.45, 7) is 0. The van der Waals surface area contributed by atoms with Crippen LogP contribution in [0.4, 0.5) is 13.2 Å². The number of carbonyl (C=O) groups excluding carboxylic acids is 1. The predicted octanol–water partition coefficient (Wildman–Crippen LogP) is 3.06. The molecule has 1 aromatic carbocycles. The first-order valence-electron chi connectivity index (χ1n) is 5.05. The maximum atomic E-state index is 12.5. The van der Waals surface area contributed by atoms with Crippen LogP contribution in [0.3, 0.4) is 0 Å². The molecule has 0 unspecified atom stereocenters. The van der Waals surface area contributed by atoms with Gasteiger partial charge in [0.25, 0.3) is 0 Å². The van der Waals surface area contributed by atoms with Crippen LogP contribution < -0.4 is 5.73 Å². The molecule has 0 radical (unpaired) electrons. The van der Waals surface area contributed by atoms with Crippen molar-refractivity contribution in [3.63, 3.8) is 0 Å². The number of alkyl halides is 3. The molecule has 8 heteroatoms. The van der Waals surface area contributed by atoms with Gasteiger partial charge in [-0.25, -0.2) is 0 Å². The molecule has 0 saturated carbocycles. The molecule has 1 aromatic rings. The number of hydrogen-bond donors (Lipinski definition) is 1. The highest BCUT2D eigenvalue weighted by molar-refractivity contribution is 6.36. The fourth-order valence-electron chi connectivity index (χ4n) is 1.42. The summed E-state index contributed by atoms with van der Waals surface area (Å²) in [5.41, 5.74) is 4.72. The number of methoxy groups -OCH3 is 1. The quantitative estimate of drug-likeness (QED) is 0.872. The van der Waals surface area contributed by atoms with Crippen LogP contribution in [0.1, 0.15) is 11.1 Å². The second kappa shape index (κ2) is 5.98. The molecule has 0 amide bonds. The first kappa shape index (κ1) is 16.1. The van der Waals surface area contributed by atoms with Gasteiger partial charge in [-0.05, 0) is 17.7 Å². The predicted molar refractivity (Wildman–Crippen MR) is 65.2 cm³/mol. The number of hydrogen-bond acceptors (Lipinski definition) is 3. The average Bonchev–Trinajstić information content (AvgIpc) is 2.30. The van der Waals surface area contributed by atoms with E-state index in [1.54, 1.807) is 0 Å². The van der Waals surface area contributed by atoms with E-state index in [1.807, 2.05) is 0 Å². The van der Waals surface area contributed by atoms with Gasteiger partial charge in [0.05, 0.1) is 12.7 Å². The van der Waals surface area contributed by atoms with Crippen LogP contribution in [0.25, 0.3) is 0 Å². The SMILES string of the molecule is COC(=O)[C@H](N)Cc1c(Cl)cc(C(F)(F)F)cc1Cl. The van der Waals surface area contributed by atoms with Crippen molar-refractivity contribution in [2.45, 2.75) is 18.6 Å². The third-order valence-electron chi connectivity index (χ3n) is 2.40. The van der Waals surface area contributed by atoms with Crippen LogP contribution >= 0.6 is 23.2 Å². The summed E-state index contributed by atoms with van der Waals surface area (Å²) in [6.07, 6.45) is -4.65. The van der Waals surface area contributed by atoms with E-state index in [0.29, 0.717) is 0 Å². The van der Waals surface area contributed by atoms with Crippen molar-refractivity contribution >= 4 is 29.2 Å². The van der Waals surface area contributed by atoms with E-state index in [2.05, 4.69) is 4.74 Å². The minimum absolute atomic E-state index is 0.109. The van der Waals surface area contributed by atoms with Crippen LogP contribution in [0.2, 0.25) is 10.0 Å². The van der Waals surface area contributed by atoms with Gasteiger partial charge < -0.3 is 10.5 Å². The number of rotatable bonds is 3. The summed E-state index contributed by atoms with van der Waals surface area (Å²) in [5, 5.41) is -0.390. The van der Waals surface area contributed by atoms with Gasteiger partial charge in [0.15, 0.2) is 0 Å². The molecule has 0 spiro atoms. The van der Waals surface area contributed by atoms with E-state index < -0.39 is 23.8 Å². The Morgan fingerprint density at radius 2 is 1.84 bits per heavy atom. The lowest BCUT2D eigenvalue weighted by atomic mass is 10.0. The molecular weight excluding hydrogens is 306 g/mol. The molecule has 0 saturated heterocycles. The first-order valence-corrected chi connectivity index (χ1v) is 5.81. The fraction of sp³-hybridized carbons (Fsp3) is 0.364.